The molecule has 3 aromatic rings. The zero-order valence-corrected chi connectivity index (χ0v) is 16.3. The van der Waals surface area contributed by atoms with Gasteiger partial charge >= 0.3 is 0 Å². The first kappa shape index (κ1) is 18.8. The average molecular weight is 391 g/mol. The maximum absolute atomic E-state index is 13.4. The summed E-state index contributed by atoms with van der Waals surface area (Å²) in [5, 5.41) is 10.5. The number of benzene rings is 2. The third kappa shape index (κ3) is 2.97. The van der Waals surface area contributed by atoms with Gasteiger partial charge in [-0.2, -0.15) is 0 Å². The minimum atomic E-state index is -0.656. The summed E-state index contributed by atoms with van der Waals surface area (Å²) in [6.07, 6.45) is 1.61. The molecule has 1 N–H and O–H groups in total. The normalized spacial score (nSPS) is 15.6. The molecule has 148 valence electrons. The molecule has 0 radical (unpaired) electrons. The van der Waals surface area contributed by atoms with E-state index in [0.29, 0.717) is 34.5 Å². The number of amides is 1. The average Bonchev–Trinajstić information content (AvgIpc) is 2.97. The smallest absolute Gasteiger partial charge is 0.291 e. The molecule has 0 spiro atoms. The second kappa shape index (κ2) is 7.13. The molecule has 29 heavy (non-hydrogen) atoms. The third-order valence-electron chi connectivity index (χ3n) is 5.05. The van der Waals surface area contributed by atoms with E-state index in [2.05, 4.69) is 6.58 Å². The maximum atomic E-state index is 13.4. The van der Waals surface area contributed by atoms with Crippen molar-refractivity contribution < 1.29 is 19.1 Å². The second-order valence-electron chi connectivity index (χ2n) is 6.98. The van der Waals surface area contributed by atoms with Crippen LogP contribution < -0.4 is 10.2 Å². The van der Waals surface area contributed by atoms with E-state index in [-0.39, 0.29) is 29.4 Å². The van der Waals surface area contributed by atoms with Gasteiger partial charge in [-0.1, -0.05) is 23.8 Å². The minimum Gasteiger partial charge on any atom is -0.504 e. The maximum Gasteiger partial charge on any atom is 0.291 e. The number of ether oxygens (including phenoxy) is 1. The van der Waals surface area contributed by atoms with E-state index in [1.165, 1.54) is 11.0 Å². The standard InChI is InChI=1S/C23H21NO5/c1-4-10-24-20(14-7-8-16(25)18(12-14)28-5-2)19-21(26)15-11-13(3)6-9-17(15)29-22(19)23(24)27/h4,6-9,11-12,20,25H,1,5,10H2,2-3H3/t20-/m1/s1. The Morgan fingerprint density at radius 2 is 2.03 bits per heavy atom. The molecule has 1 aliphatic heterocycles. The van der Waals surface area contributed by atoms with Gasteiger partial charge in [-0.05, 0) is 43.7 Å². The summed E-state index contributed by atoms with van der Waals surface area (Å²) in [6.45, 7) is 8.06. The number of phenolic OH excluding ortho intramolecular Hbond substituents is 1. The van der Waals surface area contributed by atoms with Crippen molar-refractivity contribution >= 4 is 16.9 Å². The van der Waals surface area contributed by atoms with Crippen molar-refractivity contribution in [2.75, 3.05) is 13.2 Å². The van der Waals surface area contributed by atoms with Gasteiger partial charge in [-0.3, -0.25) is 9.59 Å². The van der Waals surface area contributed by atoms with E-state index in [1.807, 2.05) is 19.9 Å². The number of nitrogens with zero attached hydrogens (tertiary/aromatic N) is 1. The number of carbonyl (C=O) groups is 1. The SMILES string of the molecule is C=CCN1C(=O)c2oc3ccc(C)cc3c(=O)c2[C@H]1c1ccc(O)c(OCC)c1. The highest BCUT2D eigenvalue weighted by Crippen LogP contribution is 2.40. The molecule has 0 saturated carbocycles. The summed E-state index contributed by atoms with van der Waals surface area (Å²) >= 11 is 0. The van der Waals surface area contributed by atoms with Gasteiger partial charge in [0.1, 0.15) is 5.58 Å². The summed E-state index contributed by atoms with van der Waals surface area (Å²) < 4.78 is 11.4. The lowest BCUT2D eigenvalue weighted by Gasteiger charge is -2.24. The van der Waals surface area contributed by atoms with Crippen molar-refractivity contribution in [3.63, 3.8) is 0 Å². The van der Waals surface area contributed by atoms with Crippen LogP contribution in [0.25, 0.3) is 11.0 Å². The van der Waals surface area contributed by atoms with Crippen molar-refractivity contribution in [1.82, 2.24) is 4.90 Å². The number of phenols is 1. The van der Waals surface area contributed by atoms with Gasteiger partial charge in [-0.25, -0.2) is 0 Å². The molecule has 0 fully saturated rings. The first-order valence-electron chi connectivity index (χ1n) is 9.41. The van der Waals surface area contributed by atoms with Crippen LogP contribution in [0.3, 0.4) is 0 Å². The summed E-state index contributed by atoms with van der Waals surface area (Å²) in [5.74, 6) is -0.0261. The number of aryl methyl sites for hydroxylation is 1. The Kier molecular flexibility index (Phi) is 4.62. The second-order valence-corrected chi connectivity index (χ2v) is 6.98. The van der Waals surface area contributed by atoms with Gasteiger partial charge in [0.2, 0.25) is 5.76 Å². The summed E-state index contributed by atoms with van der Waals surface area (Å²) in [5.41, 5.74) is 2.02. The lowest BCUT2D eigenvalue weighted by molar-refractivity contribution is 0.0748. The molecule has 0 bridgehead atoms. The predicted molar refractivity (Wildman–Crippen MR) is 110 cm³/mol. The minimum absolute atomic E-state index is 0.00316. The molecular weight excluding hydrogens is 370 g/mol. The monoisotopic (exact) mass is 391 g/mol. The Labute approximate surface area is 167 Å². The van der Waals surface area contributed by atoms with Gasteiger partial charge in [0.15, 0.2) is 16.9 Å². The third-order valence-corrected chi connectivity index (χ3v) is 5.05. The fraction of sp³-hybridized carbons (Fsp3) is 0.217. The van der Waals surface area contributed by atoms with Crippen molar-refractivity contribution in [3.8, 4) is 11.5 Å². The Bertz CT molecular complexity index is 1190. The fourth-order valence-corrected chi connectivity index (χ4v) is 3.78. The number of hydrogen-bond acceptors (Lipinski definition) is 5. The van der Waals surface area contributed by atoms with Crippen LogP contribution in [0.1, 0.15) is 40.2 Å². The Balaban J connectivity index is 1.99. The van der Waals surface area contributed by atoms with Gasteiger partial charge in [0.25, 0.3) is 5.91 Å². The van der Waals surface area contributed by atoms with Crippen LogP contribution in [0.2, 0.25) is 0 Å². The van der Waals surface area contributed by atoms with E-state index in [0.717, 1.165) is 5.56 Å². The van der Waals surface area contributed by atoms with Crippen molar-refractivity contribution in [3.05, 3.63) is 81.7 Å². The number of hydrogen-bond donors (Lipinski definition) is 1. The van der Waals surface area contributed by atoms with Crippen LogP contribution in [-0.4, -0.2) is 29.1 Å². The number of aromatic hydroxyl groups is 1. The van der Waals surface area contributed by atoms with Gasteiger partial charge in [0.05, 0.1) is 23.6 Å². The van der Waals surface area contributed by atoms with Crippen LogP contribution in [0, 0.1) is 6.92 Å². The first-order valence-corrected chi connectivity index (χ1v) is 9.41. The van der Waals surface area contributed by atoms with Crippen molar-refractivity contribution in [2.45, 2.75) is 19.9 Å². The molecule has 0 unspecified atom stereocenters. The van der Waals surface area contributed by atoms with E-state index < -0.39 is 6.04 Å². The predicted octanol–water partition coefficient (Wildman–Crippen LogP) is 3.94. The molecule has 0 saturated heterocycles. The summed E-state index contributed by atoms with van der Waals surface area (Å²) in [4.78, 5) is 28.0. The van der Waals surface area contributed by atoms with Gasteiger partial charge in [0, 0.05) is 6.54 Å². The summed E-state index contributed by atoms with van der Waals surface area (Å²) in [7, 11) is 0. The highest BCUT2D eigenvalue weighted by atomic mass is 16.5. The molecule has 6 nitrogen and oxygen atoms in total. The molecule has 1 aliphatic rings. The molecule has 1 amide bonds. The highest BCUT2D eigenvalue weighted by Gasteiger charge is 2.42. The fourth-order valence-electron chi connectivity index (χ4n) is 3.78. The van der Waals surface area contributed by atoms with E-state index in [4.69, 9.17) is 9.15 Å². The first-order chi connectivity index (χ1) is 14.0. The molecule has 6 heteroatoms. The summed E-state index contributed by atoms with van der Waals surface area (Å²) in [6, 6.07) is 9.49. The molecule has 1 aromatic heterocycles. The zero-order chi connectivity index (χ0) is 20.7. The van der Waals surface area contributed by atoms with Gasteiger partial charge < -0.3 is 19.2 Å². The van der Waals surface area contributed by atoms with Crippen molar-refractivity contribution in [1.29, 1.82) is 0 Å². The van der Waals surface area contributed by atoms with Crippen LogP contribution in [0.15, 0.2) is 58.3 Å². The van der Waals surface area contributed by atoms with Crippen molar-refractivity contribution in [2.24, 2.45) is 0 Å². The molecule has 1 atom stereocenters. The Morgan fingerprint density at radius 3 is 2.76 bits per heavy atom. The Morgan fingerprint density at radius 1 is 1.24 bits per heavy atom. The molecule has 4 rings (SSSR count). The van der Waals surface area contributed by atoms with Crippen LogP contribution in [-0.2, 0) is 0 Å². The van der Waals surface area contributed by atoms with E-state index in [9.17, 15) is 14.7 Å². The lowest BCUT2D eigenvalue weighted by Crippen LogP contribution is -2.29. The number of fused-ring (bicyclic) bond motifs is 2. The molecule has 2 heterocycles. The van der Waals surface area contributed by atoms with Crippen LogP contribution in [0.4, 0.5) is 0 Å². The van der Waals surface area contributed by atoms with Crippen LogP contribution in [0.5, 0.6) is 11.5 Å². The molecule has 0 aliphatic carbocycles. The quantitative estimate of drug-likeness (QED) is 0.667. The lowest BCUT2D eigenvalue weighted by atomic mass is 9.97. The van der Waals surface area contributed by atoms with E-state index in [1.54, 1.807) is 30.3 Å². The molecule has 2 aromatic carbocycles. The number of rotatable bonds is 5. The number of carbonyl (C=O) groups excluding carboxylic acids is 1. The van der Waals surface area contributed by atoms with Gasteiger partial charge in [-0.15, -0.1) is 6.58 Å². The van der Waals surface area contributed by atoms with E-state index >= 15 is 0 Å². The molecular formula is C23H21NO5. The van der Waals surface area contributed by atoms with Crippen LogP contribution >= 0.6 is 0 Å². The topological polar surface area (TPSA) is 80.0 Å². The largest absolute Gasteiger partial charge is 0.504 e. The highest BCUT2D eigenvalue weighted by molar-refractivity contribution is 5.99. The Hall–Kier alpha value is -3.54. The zero-order valence-electron chi connectivity index (χ0n) is 16.3.